The Morgan fingerprint density at radius 1 is 1.17 bits per heavy atom. The highest BCUT2D eigenvalue weighted by Gasteiger charge is 2.18. The number of hydrogen-bond donors (Lipinski definition) is 1. The fourth-order valence-corrected chi connectivity index (χ4v) is 2.34. The van der Waals surface area contributed by atoms with Crippen molar-refractivity contribution in [3.8, 4) is 5.75 Å². The van der Waals surface area contributed by atoms with Crippen LogP contribution in [0.5, 0.6) is 5.75 Å². The molecule has 0 unspecified atom stereocenters. The Hall–Kier alpha value is -1.13. The van der Waals surface area contributed by atoms with Crippen LogP contribution in [0, 0.1) is 5.82 Å². The van der Waals surface area contributed by atoms with Gasteiger partial charge < -0.3 is 14.8 Å². The summed E-state index contributed by atoms with van der Waals surface area (Å²) in [5.74, 6) is 0.757. The number of ether oxygens (including phenoxy) is 2. The molecule has 1 N–H and O–H groups in total. The minimum absolute atomic E-state index is 0.0803. The van der Waals surface area contributed by atoms with Gasteiger partial charge in [-0.15, -0.1) is 0 Å². The third-order valence-corrected chi connectivity index (χ3v) is 3.25. The largest absolute Gasteiger partial charge is 0.496 e. The first-order valence-corrected chi connectivity index (χ1v) is 6.45. The zero-order valence-corrected chi connectivity index (χ0v) is 10.8. The molecule has 1 aromatic carbocycles. The van der Waals surface area contributed by atoms with Gasteiger partial charge >= 0.3 is 0 Å². The van der Waals surface area contributed by atoms with Crippen LogP contribution in [0.15, 0.2) is 12.1 Å². The monoisotopic (exact) mass is 253 g/mol. The van der Waals surface area contributed by atoms with Gasteiger partial charge in [-0.05, 0) is 37.0 Å². The molecule has 3 rings (SSSR count). The lowest BCUT2D eigenvalue weighted by atomic mass is 10.1. The number of benzene rings is 1. The molecule has 18 heavy (non-hydrogen) atoms. The lowest BCUT2D eigenvalue weighted by Gasteiger charge is -2.10. The molecule has 3 nitrogen and oxygen atoms in total. The third kappa shape index (κ3) is 3.21. The van der Waals surface area contributed by atoms with Crippen molar-refractivity contribution >= 4 is 0 Å². The molecular formula is C14H20FNO2. The van der Waals surface area contributed by atoms with Crippen molar-refractivity contribution in [1.82, 2.24) is 5.32 Å². The predicted octanol–water partition coefficient (Wildman–Crippen LogP) is 1.93. The second-order valence-corrected chi connectivity index (χ2v) is 4.42. The number of nitrogens with one attached hydrogen (secondary N) is 1. The second-order valence-electron chi connectivity index (χ2n) is 4.42. The van der Waals surface area contributed by atoms with Crippen molar-refractivity contribution in [1.29, 1.82) is 0 Å². The Kier molecular flexibility index (Phi) is 4.96. The lowest BCUT2D eigenvalue weighted by molar-refractivity contribution is 0.109. The van der Waals surface area contributed by atoms with Gasteiger partial charge in [-0.2, -0.15) is 0 Å². The SMILES string of the molecule is C1COCCN1.COc1ccc(F)c2c1CCC2. The molecule has 0 amide bonds. The Balaban J connectivity index is 0.000000169. The standard InChI is InChI=1S/C10H11FO.C4H9NO/c1-12-10-6-5-9(11)7-3-2-4-8(7)10;1-3-6-4-2-5-1/h5-6H,2-4H2,1H3;5H,1-4H2. The van der Waals surface area contributed by atoms with Crippen LogP contribution in [0.25, 0.3) is 0 Å². The van der Waals surface area contributed by atoms with Crippen LogP contribution in [-0.4, -0.2) is 33.4 Å². The van der Waals surface area contributed by atoms with Gasteiger partial charge in [-0.3, -0.25) is 0 Å². The highest BCUT2D eigenvalue weighted by Crippen LogP contribution is 2.32. The quantitative estimate of drug-likeness (QED) is 0.829. The summed E-state index contributed by atoms with van der Waals surface area (Å²) in [7, 11) is 1.63. The van der Waals surface area contributed by atoms with Crippen LogP contribution < -0.4 is 10.1 Å². The molecular weight excluding hydrogens is 233 g/mol. The van der Waals surface area contributed by atoms with Crippen LogP contribution >= 0.6 is 0 Å². The van der Waals surface area contributed by atoms with E-state index in [2.05, 4.69) is 5.32 Å². The van der Waals surface area contributed by atoms with E-state index in [4.69, 9.17) is 9.47 Å². The minimum atomic E-state index is -0.0803. The number of halogens is 1. The van der Waals surface area contributed by atoms with Gasteiger partial charge in [0, 0.05) is 18.7 Å². The maximum Gasteiger partial charge on any atom is 0.126 e. The van der Waals surface area contributed by atoms with Gasteiger partial charge in [0.05, 0.1) is 20.3 Å². The molecule has 1 aliphatic heterocycles. The summed E-state index contributed by atoms with van der Waals surface area (Å²) in [6.07, 6.45) is 2.86. The molecule has 0 aromatic heterocycles. The van der Waals surface area contributed by atoms with E-state index in [-0.39, 0.29) is 5.82 Å². The highest BCUT2D eigenvalue weighted by atomic mass is 19.1. The van der Waals surface area contributed by atoms with Crippen LogP contribution in [0.2, 0.25) is 0 Å². The molecule has 1 aromatic rings. The van der Waals surface area contributed by atoms with Gasteiger partial charge in [-0.1, -0.05) is 0 Å². The number of rotatable bonds is 1. The zero-order valence-electron chi connectivity index (χ0n) is 10.8. The molecule has 0 bridgehead atoms. The van der Waals surface area contributed by atoms with Gasteiger partial charge in [0.15, 0.2) is 0 Å². The van der Waals surface area contributed by atoms with Crippen molar-refractivity contribution in [2.45, 2.75) is 19.3 Å². The zero-order chi connectivity index (χ0) is 12.8. The molecule has 1 heterocycles. The second kappa shape index (κ2) is 6.71. The Labute approximate surface area is 107 Å². The van der Waals surface area contributed by atoms with Crippen molar-refractivity contribution < 1.29 is 13.9 Å². The fraction of sp³-hybridized carbons (Fsp3) is 0.571. The lowest BCUT2D eigenvalue weighted by Crippen LogP contribution is -2.30. The summed E-state index contributed by atoms with van der Waals surface area (Å²) in [6, 6.07) is 3.20. The summed E-state index contributed by atoms with van der Waals surface area (Å²) in [5.41, 5.74) is 1.92. The summed E-state index contributed by atoms with van der Waals surface area (Å²) in [5, 5.41) is 3.16. The van der Waals surface area contributed by atoms with E-state index in [9.17, 15) is 4.39 Å². The molecule has 1 aliphatic carbocycles. The van der Waals surface area contributed by atoms with E-state index in [1.54, 1.807) is 13.2 Å². The van der Waals surface area contributed by atoms with Gasteiger partial charge in [0.2, 0.25) is 0 Å². The Bertz CT molecular complexity index is 380. The maximum absolute atomic E-state index is 13.2. The van der Waals surface area contributed by atoms with Crippen molar-refractivity contribution in [3.05, 3.63) is 29.1 Å². The first kappa shape index (κ1) is 13.3. The molecule has 0 radical (unpaired) electrons. The summed E-state index contributed by atoms with van der Waals surface area (Å²) < 4.78 is 23.3. The van der Waals surface area contributed by atoms with E-state index in [0.717, 1.165) is 62.4 Å². The summed E-state index contributed by atoms with van der Waals surface area (Å²) in [6.45, 7) is 3.83. The van der Waals surface area contributed by atoms with E-state index >= 15 is 0 Å². The molecule has 100 valence electrons. The number of methoxy groups -OCH3 is 1. The number of fused-ring (bicyclic) bond motifs is 1. The smallest absolute Gasteiger partial charge is 0.126 e. The number of hydrogen-bond acceptors (Lipinski definition) is 3. The van der Waals surface area contributed by atoms with Crippen LogP contribution in [0.1, 0.15) is 17.5 Å². The van der Waals surface area contributed by atoms with E-state index in [1.807, 2.05) is 0 Å². The van der Waals surface area contributed by atoms with E-state index in [0.29, 0.717) is 0 Å². The molecule has 1 fully saturated rings. The highest BCUT2D eigenvalue weighted by molar-refractivity contribution is 5.43. The van der Waals surface area contributed by atoms with E-state index < -0.39 is 0 Å². The molecule has 0 spiro atoms. The Morgan fingerprint density at radius 2 is 1.89 bits per heavy atom. The van der Waals surface area contributed by atoms with Crippen molar-refractivity contribution in [2.24, 2.45) is 0 Å². The summed E-state index contributed by atoms with van der Waals surface area (Å²) >= 11 is 0. The third-order valence-electron chi connectivity index (χ3n) is 3.25. The van der Waals surface area contributed by atoms with Crippen molar-refractivity contribution in [3.63, 3.8) is 0 Å². The summed E-state index contributed by atoms with van der Waals surface area (Å²) in [4.78, 5) is 0. The Morgan fingerprint density at radius 3 is 2.44 bits per heavy atom. The van der Waals surface area contributed by atoms with Crippen LogP contribution in [0.3, 0.4) is 0 Å². The van der Waals surface area contributed by atoms with Crippen molar-refractivity contribution in [2.75, 3.05) is 33.4 Å². The average molecular weight is 253 g/mol. The molecule has 0 atom stereocenters. The van der Waals surface area contributed by atoms with Gasteiger partial charge in [-0.25, -0.2) is 4.39 Å². The molecule has 2 aliphatic rings. The maximum atomic E-state index is 13.2. The fourth-order valence-electron chi connectivity index (χ4n) is 2.34. The normalized spacial score (nSPS) is 17.7. The average Bonchev–Trinajstić information content (AvgIpc) is 2.92. The minimum Gasteiger partial charge on any atom is -0.496 e. The first-order chi connectivity index (χ1) is 8.83. The molecule has 1 saturated heterocycles. The van der Waals surface area contributed by atoms with Gasteiger partial charge in [0.1, 0.15) is 11.6 Å². The molecule has 0 saturated carbocycles. The predicted molar refractivity (Wildman–Crippen MR) is 68.7 cm³/mol. The van der Waals surface area contributed by atoms with Crippen LogP contribution in [0.4, 0.5) is 4.39 Å². The molecule has 4 heteroatoms. The number of morpholine rings is 1. The topological polar surface area (TPSA) is 30.5 Å². The van der Waals surface area contributed by atoms with Gasteiger partial charge in [0.25, 0.3) is 0 Å². The first-order valence-electron chi connectivity index (χ1n) is 6.45. The van der Waals surface area contributed by atoms with E-state index in [1.165, 1.54) is 6.07 Å². The van der Waals surface area contributed by atoms with Crippen LogP contribution in [-0.2, 0) is 17.6 Å².